The molecule has 0 bridgehead atoms. The first-order valence-corrected chi connectivity index (χ1v) is 6.63. The molecule has 0 aliphatic carbocycles. The molecule has 3 amide bonds. The smallest absolute Gasteiger partial charge is 0.321 e. The third kappa shape index (κ3) is 5.01. The van der Waals surface area contributed by atoms with Crippen LogP contribution in [0, 0.1) is 0 Å². The van der Waals surface area contributed by atoms with Crippen molar-refractivity contribution >= 4 is 11.9 Å². The van der Waals surface area contributed by atoms with Crippen molar-refractivity contribution in [3.8, 4) is 0 Å². The van der Waals surface area contributed by atoms with Crippen LogP contribution in [0.5, 0.6) is 0 Å². The van der Waals surface area contributed by atoms with E-state index in [1.807, 2.05) is 0 Å². The molecule has 1 heterocycles. The summed E-state index contributed by atoms with van der Waals surface area (Å²) in [5, 5.41) is 7.99. The molecular weight excluding hydrogens is 232 g/mol. The molecule has 0 spiro atoms. The lowest BCUT2D eigenvalue weighted by Crippen LogP contribution is -2.42. The lowest BCUT2D eigenvalue weighted by atomic mass is 10.2. The van der Waals surface area contributed by atoms with Crippen molar-refractivity contribution in [3.63, 3.8) is 0 Å². The van der Waals surface area contributed by atoms with Crippen molar-refractivity contribution in [2.75, 3.05) is 33.2 Å². The highest BCUT2D eigenvalue weighted by molar-refractivity contribution is 5.94. The van der Waals surface area contributed by atoms with E-state index in [2.05, 4.69) is 27.8 Å². The number of urea groups is 1. The summed E-state index contributed by atoms with van der Waals surface area (Å²) < 4.78 is 0. The summed E-state index contributed by atoms with van der Waals surface area (Å²) in [7, 11) is 1.50. The van der Waals surface area contributed by atoms with Gasteiger partial charge in [-0.25, -0.2) is 4.79 Å². The molecule has 104 valence electrons. The maximum atomic E-state index is 11.5. The molecule has 1 saturated heterocycles. The Bertz CT molecular complexity index is 277. The first-order chi connectivity index (χ1) is 8.67. The average Bonchev–Trinajstić information content (AvgIpc) is 2.87. The van der Waals surface area contributed by atoms with Crippen molar-refractivity contribution < 1.29 is 9.59 Å². The highest BCUT2D eigenvalue weighted by atomic mass is 16.2. The van der Waals surface area contributed by atoms with Crippen molar-refractivity contribution in [1.29, 1.82) is 0 Å². The predicted molar refractivity (Wildman–Crippen MR) is 70.4 cm³/mol. The molecule has 6 heteroatoms. The number of nitrogens with zero attached hydrogens (tertiary/aromatic N) is 1. The van der Waals surface area contributed by atoms with Gasteiger partial charge in [-0.3, -0.25) is 15.0 Å². The van der Waals surface area contributed by atoms with Crippen LogP contribution in [0.1, 0.15) is 26.2 Å². The summed E-state index contributed by atoms with van der Waals surface area (Å²) in [5.74, 6) is -0.221. The van der Waals surface area contributed by atoms with Gasteiger partial charge in [0.2, 0.25) is 5.91 Å². The minimum absolute atomic E-state index is 0.221. The standard InChI is InChI=1S/C12H24N4O2/c1-3-7-16(10-4-6-14-9-10)8-5-11(17)15-12(18)13-2/h10,14H,3-9H2,1-2H3,(H2,13,15,17,18). The molecule has 0 aromatic carbocycles. The number of nitrogens with one attached hydrogen (secondary N) is 3. The Morgan fingerprint density at radius 2 is 2.17 bits per heavy atom. The zero-order chi connectivity index (χ0) is 13.4. The second-order valence-corrected chi connectivity index (χ2v) is 4.56. The van der Waals surface area contributed by atoms with Gasteiger partial charge in [-0.15, -0.1) is 0 Å². The van der Waals surface area contributed by atoms with Crippen LogP contribution in [0.2, 0.25) is 0 Å². The Morgan fingerprint density at radius 3 is 2.72 bits per heavy atom. The summed E-state index contributed by atoms with van der Waals surface area (Å²) in [6.45, 7) is 5.90. The largest absolute Gasteiger partial charge is 0.341 e. The van der Waals surface area contributed by atoms with E-state index in [0.29, 0.717) is 19.0 Å². The molecule has 1 rings (SSSR count). The summed E-state index contributed by atoms with van der Waals surface area (Å²) in [6, 6.07) is 0.0855. The molecule has 1 atom stereocenters. The fourth-order valence-corrected chi connectivity index (χ4v) is 2.21. The number of hydrogen-bond acceptors (Lipinski definition) is 4. The summed E-state index contributed by atoms with van der Waals surface area (Å²) in [5.41, 5.74) is 0. The van der Waals surface area contributed by atoms with Crippen molar-refractivity contribution in [3.05, 3.63) is 0 Å². The number of rotatable bonds is 6. The zero-order valence-corrected chi connectivity index (χ0v) is 11.3. The van der Waals surface area contributed by atoms with Gasteiger partial charge < -0.3 is 10.6 Å². The number of carbonyl (C=O) groups excluding carboxylic acids is 2. The minimum Gasteiger partial charge on any atom is -0.341 e. The van der Waals surface area contributed by atoms with E-state index in [0.717, 1.165) is 32.5 Å². The minimum atomic E-state index is -0.440. The Morgan fingerprint density at radius 1 is 1.39 bits per heavy atom. The van der Waals surface area contributed by atoms with Crippen molar-refractivity contribution in [2.45, 2.75) is 32.2 Å². The van der Waals surface area contributed by atoms with Crippen molar-refractivity contribution in [1.82, 2.24) is 20.9 Å². The molecule has 0 saturated carbocycles. The molecule has 6 nitrogen and oxygen atoms in total. The average molecular weight is 256 g/mol. The van der Waals surface area contributed by atoms with Crippen LogP contribution >= 0.6 is 0 Å². The Labute approximate surface area is 108 Å². The van der Waals surface area contributed by atoms with Crippen LogP contribution < -0.4 is 16.0 Å². The monoisotopic (exact) mass is 256 g/mol. The maximum absolute atomic E-state index is 11.5. The van der Waals surface area contributed by atoms with E-state index in [4.69, 9.17) is 0 Å². The van der Waals surface area contributed by atoms with Gasteiger partial charge >= 0.3 is 6.03 Å². The lowest BCUT2D eigenvalue weighted by molar-refractivity contribution is -0.120. The van der Waals surface area contributed by atoms with E-state index in [9.17, 15) is 9.59 Å². The molecule has 0 aromatic rings. The van der Waals surface area contributed by atoms with Crippen molar-refractivity contribution in [2.24, 2.45) is 0 Å². The molecule has 1 unspecified atom stereocenters. The van der Waals surface area contributed by atoms with Gasteiger partial charge in [0.1, 0.15) is 0 Å². The van der Waals surface area contributed by atoms with Gasteiger partial charge in [0.25, 0.3) is 0 Å². The van der Waals surface area contributed by atoms with Gasteiger partial charge in [0.15, 0.2) is 0 Å². The molecule has 18 heavy (non-hydrogen) atoms. The summed E-state index contributed by atoms with van der Waals surface area (Å²) in [6.07, 6.45) is 2.58. The van der Waals surface area contributed by atoms with Crippen LogP contribution in [-0.4, -0.2) is 56.1 Å². The van der Waals surface area contributed by atoms with Gasteiger partial charge in [0.05, 0.1) is 0 Å². The number of hydrogen-bond donors (Lipinski definition) is 3. The van der Waals surface area contributed by atoms with E-state index in [1.165, 1.54) is 7.05 Å². The van der Waals surface area contributed by atoms with Gasteiger partial charge in [0, 0.05) is 32.6 Å². The third-order valence-electron chi connectivity index (χ3n) is 3.17. The fourth-order valence-electron chi connectivity index (χ4n) is 2.21. The summed E-state index contributed by atoms with van der Waals surface area (Å²) >= 11 is 0. The molecule has 1 aliphatic rings. The van der Waals surface area contributed by atoms with E-state index in [-0.39, 0.29) is 5.91 Å². The van der Waals surface area contributed by atoms with Crippen LogP contribution in [0.15, 0.2) is 0 Å². The second-order valence-electron chi connectivity index (χ2n) is 4.56. The van der Waals surface area contributed by atoms with Crippen LogP contribution in [0.4, 0.5) is 4.79 Å². The molecule has 1 aliphatic heterocycles. The van der Waals surface area contributed by atoms with E-state index < -0.39 is 6.03 Å². The Balaban J connectivity index is 2.32. The molecule has 0 radical (unpaired) electrons. The molecular formula is C12H24N4O2. The fraction of sp³-hybridized carbons (Fsp3) is 0.833. The van der Waals surface area contributed by atoms with E-state index in [1.54, 1.807) is 0 Å². The Hall–Kier alpha value is -1.14. The van der Waals surface area contributed by atoms with Crippen LogP contribution in [0.3, 0.4) is 0 Å². The van der Waals surface area contributed by atoms with Gasteiger partial charge in [-0.1, -0.05) is 6.92 Å². The number of carbonyl (C=O) groups is 2. The zero-order valence-electron chi connectivity index (χ0n) is 11.3. The molecule has 0 aromatic heterocycles. The highest BCUT2D eigenvalue weighted by Crippen LogP contribution is 2.09. The highest BCUT2D eigenvalue weighted by Gasteiger charge is 2.22. The van der Waals surface area contributed by atoms with Gasteiger partial charge in [-0.05, 0) is 25.9 Å². The third-order valence-corrected chi connectivity index (χ3v) is 3.17. The topological polar surface area (TPSA) is 73.5 Å². The van der Waals surface area contributed by atoms with E-state index >= 15 is 0 Å². The normalized spacial score (nSPS) is 18.9. The first-order valence-electron chi connectivity index (χ1n) is 6.63. The first kappa shape index (κ1) is 14.9. The van der Waals surface area contributed by atoms with Crippen LogP contribution in [0.25, 0.3) is 0 Å². The van der Waals surface area contributed by atoms with Gasteiger partial charge in [-0.2, -0.15) is 0 Å². The number of amides is 3. The predicted octanol–water partition coefficient (Wildman–Crippen LogP) is -0.0940. The second kappa shape index (κ2) is 8.05. The molecule has 3 N–H and O–H groups in total. The molecule has 1 fully saturated rings. The SMILES string of the molecule is CCCN(CCC(=O)NC(=O)NC)C1CCNC1. The lowest BCUT2D eigenvalue weighted by Gasteiger charge is -2.27. The summed E-state index contributed by atoms with van der Waals surface area (Å²) in [4.78, 5) is 24.8. The quantitative estimate of drug-likeness (QED) is 0.621. The maximum Gasteiger partial charge on any atom is 0.321 e. The number of imide groups is 1. The Kier molecular flexibility index (Phi) is 6.67. The van der Waals surface area contributed by atoms with Crippen LogP contribution in [-0.2, 0) is 4.79 Å².